The molecule has 3 aromatic rings. The predicted molar refractivity (Wildman–Crippen MR) is 118 cm³/mol. The molecule has 0 aliphatic carbocycles. The van der Waals surface area contributed by atoms with E-state index in [9.17, 15) is 9.59 Å². The Morgan fingerprint density at radius 2 is 1.50 bits per heavy atom. The number of ketones is 1. The van der Waals surface area contributed by atoms with Gasteiger partial charge in [-0.3, -0.25) is 9.59 Å². The van der Waals surface area contributed by atoms with E-state index >= 15 is 0 Å². The Bertz CT molecular complexity index is 979. The van der Waals surface area contributed by atoms with Crippen LogP contribution < -0.4 is 4.74 Å². The van der Waals surface area contributed by atoms with Crippen LogP contribution in [-0.2, 0) is 20.7 Å². The number of hydrogen-bond acceptors (Lipinski definition) is 5. The zero-order valence-electron chi connectivity index (χ0n) is 16.3. The summed E-state index contributed by atoms with van der Waals surface area (Å²) in [5, 5.41) is 0.223. The largest absolute Gasteiger partial charge is 0.496 e. The first-order valence-corrected chi connectivity index (χ1v) is 9.82. The molecule has 2 unspecified atom stereocenters. The molecular formula is C23H21ClO5P+. The van der Waals surface area contributed by atoms with Crippen molar-refractivity contribution >= 4 is 32.5 Å². The van der Waals surface area contributed by atoms with E-state index in [1.165, 1.54) is 16.2 Å². The van der Waals surface area contributed by atoms with Gasteiger partial charge in [-0.25, -0.2) is 0 Å². The van der Waals surface area contributed by atoms with Gasteiger partial charge in [0, 0.05) is 0 Å². The molecule has 0 radical (unpaired) electrons. The van der Waals surface area contributed by atoms with E-state index in [0.717, 1.165) is 5.56 Å². The van der Waals surface area contributed by atoms with Crippen LogP contribution in [-0.4, -0.2) is 18.9 Å². The smallest absolute Gasteiger partial charge is 0.321 e. The molecule has 0 saturated heterocycles. The Balaban J connectivity index is 0.00000155. The Hall–Kier alpha value is -3.01. The Morgan fingerprint density at radius 1 is 0.900 bits per heavy atom. The second kappa shape index (κ2) is 11.9. The van der Waals surface area contributed by atoms with E-state index in [0.29, 0.717) is 11.3 Å². The molecule has 3 rings (SSSR count). The van der Waals surface area contributed by atoms with Crippen molar-refractivity contribution < 1.29 is 23.6 Å². The summed E-state index contributed by atoms with van der Waals surface area (Å²) in [5.41, 5.74) is 1.54. The average Bonchev–Trinajstić information content (AvgIpc) is 2.80. The summed E-state index contributed by atoms with van der Waals surface area (Å²) < 4.78 is 18.9. The molecule has 2 atom stereocenters. The lowest BCUT2D eigenvalue weighted by molar-refractivity contribution is -0.145. The summed E-state index contributed by atoms with van der Waals surface area (Å²) in [7, 11) is 2.62. The monoisotopic (exact) mass is 443 g/mol. The molecule has 0 saturated carbocycles. The zero-order chi connectivity index (χ0) is 21.9. The van der Waals surface area contributed by atoms with Crippen LogP contribution in [0.5, 0.6) is 5.75 Å². The maximum atomic E-state index is 13.3. The van der Waals surface area contributed by atoms with E-state index < -0.39 is 17.7 Å². The quantitative estimate of drug-likeness (QED) is 0.215. The molecule has 0 aliphatic rings. The summed E-state index contributed by atoms with van der Waals surface area (Å²) >= 11 is 6.26. The third kappa shape index (κ3) is 5.76. The van der Waals surface area contributed by atoms with Crippen LogP contribution >= 0.6 is 20.7 Å². The van der Waals surface area contributed by atoms with Crippen LogP contribution in [0.3, 0.4) is 0 Å². The Kier molecular flexibility index (Phi) is 9.20. The van der Waals surface area contributed by atoms with Crippen molar-refractivity contribution in [3.63, 3.8) is 0 Å². The van der Waals surface area contributed by atoms with Crippen molar-refractivity contribution in [1.29, 1.82) is 0 Å². The number of carbonyl (C=O) groups is 2. The number of hydrogen-bond donors (Lipinski definition) is 0. The number of Topliss-reactive ketones (excluding diaryl/α,β-unsaturated/α-hetero) is 1. The molecule has 154 valence electrons. The summed E-state index contributed by atoms with van der Waals surface area (Å²) in [4.78, 5) is 26.2. The van der Waals surface area contributed by atoms with E-state index in [1.54, 1.807) is 42.5 Å². The normalized spacial score (nSPS) is 10.9. The van der Waals surface area contributed by atoms with Crippen molar-refractivity contribution in [3.05, 3.63) is 101 Å². The topological polar surface area (TPSA) is 69.7 Å². The highest BCUT2D eigenvalue weighted by atomic mass is 35.5. The molecule has 5 nitrogen and oxygen atoms in total. The molecule has 0 bridgehead atoms. The van der Waals surface area contributed by atoms with E-state index in [-0.39, 0.29) is 17.2 Å². The lowest BCUT2D eigenvalue weighted by Crippen LogP contribution is -2.25. The van der Waals surface area contributed by atoms with Gasteiger partial charge in [-0.2, -0.15) is 0 Å². The minimum atomic E-state index is -1.14. The van der Waals surface area contributed by atoms with Crippen molar-refractivity contribution in [2.45, 2.75) is 12.5 Å². The SMILES string of the molecule is COc1cccc(Cl)c1C(=O)C(C(=O)OCc1ccccc1)c1ccccc1.O=[PH2+]. The van der Waals surface area contributed by atoms with E-state index in [1.807, 2.05) is 36.4 Å². The van der Waals surface area contributed by atoms with Gasteiger partial charge in [0.25, 0.3) is 0 Å². The van der Waals surface area contributed by atoms with Gasteiger partial charge in [0.05, 0.1) is 17.7 Å². The van der Waals surface area contributed by atoms with Gasteiger partial charge in [0.15, 0.2) is 5.78 Å². The maximum Gasteiger partial charge on any atom is 0.321 e. The number of carbonyl (C=O) groups excluding carboxylic acids is 2. The predicted octanol–water partition coefficient (Wildman–Crippen LogP) is 5.27. The lowest BCUT2D eigenvalue weighted by atomic mass is 9.90. The minimum Gasteiger partial charge on any atom is -0.496 e. The zero-order valence-corrected chi connectivity index (χ0v) is 18.2. The van der Waals surface area contributed by atoms with Gasteiger partial charge in [-0.15, -0.1) is 0 Å². The van der Waals surface area contributed by atoms with E-state index in [2.05, 4.69) is 0 Å². The van der Waals surface area contributed by atoms with Gasteiger partial charge in [0.2, 0.25) is 0 Å². The van der Waals surface area contributed by atoms with Crippen molar-refractivity contribution in [1.82, 2.24) is 0 Å². The van der Waals surface area contributed by atoms with Crippen LogP contribution in [0.25, 0.3) is 0 Å². The number of ether oxygens (including phenoxy) is 2. The highest BCUT2D eigenvalue weighted by Crippen LogP contribution is 2.32. The first kappa shape index (κ1) is 23.3. The van der Waals surface area contributed by atoms with Crippen LogP contribution in [0.1, 0.15) is 27.4 Å². The molecule has 0 fully saturated rings. The number of rotatable bonds is 7. The standard InChI is InChI=1S/C23H19ClO4.H2OP/c1-27-19-14-8-13-18(24)21(19)22(25)20(17-11-6-3-7-12-17)23(26)28-15-16-9-4-2-5-10-16;1-2/h2-14,20H,15H2,1H3;2H2/q;+1. The van der Waals surface area contributed by atoms with E-state index in [4.69, 9.17) is 25.6 Å². The molecule has 7 heteroatoms. The Labute approximate surface area is 182 Å². The van der Waals surface area contributed by atoms with Crippen LogP contribution in [0.15, 0.2) is 78.9 Å². The molecular weight excluding hydrogens is 423 g/mol. The molecule has 30 heavy (non-hydrogen) atoms. The second-order valence-corrected chi connectivity index (χ2v) is 6.53. The fourth-order valence-electron chi connectivity index (χ4n) is 2.91. The maximum absolute atomic E-state index is 13.3. The van der Waals surface area contributed by atoms with Gasteiger partial charge in [-0.1, -0.05) is 82.9 Å². The van der Waals surface area contributed by atoms with Gasteiger partial charge < -0.3 is 9.47 Å². The first-order valence-electron chi connectivity index (χ1n) is 8.97. The Morgan fingerprint density at radius 3 is 2.10 bits per heavy atom. The molecule has 0 amide bonds. The van der Waals surface area contributed by atoms with Gasteiger partial charge in [0.1, 0.15) is 18.3 Å². The number of benzene rings is 3. The summed E-state index contributed by atoms with van der Waals surface area (Å²) in [5.74, 6) is -1.93. The van der Waals surface area contributed by atoms with Gasteiger partial charge in [-0.05, 0) is 23.3 Å². The van der Waals surface area contributed by atoms with Crippen LogP contribution in [0.2, 0.25) is 5.02 Å². The fourth-order valence-corrected chi connectivity index (χ4v) is 3.17. The molecule has 0 heterocycles. The molecule has 0 spiro atoms. The second-order valence-electron chi connectivity index (χ2n) is 6.12. The van der Waals surface area contributed by atoms with Crippen LogP contribution in [0.4, 0.5) is 0 Å². The number of methoxy groups -OCH3 is 1. The highest BCUT2D eigenvalue weighted by Gasteiger charge is 2.33. The first-order chi connectivity index (χ1) is 14.6. The fraction of sp³-hybridized carbons (Fsp3) is 0.130. The number of esters is 1. The highest BCUT2D eigenvalue weighted by molar-refractivity contribution is 7.00. The average molecular weight is 444 g/mol. The number of halogens is 1. The third-order valence-electron chi connectivity index (χ3n) is 4.30. The van der Waals surface area contributed by atoms with Crippen LogP contribution in [0, 0.1) is 0 Å². The van der Waals surface area contributed by atoms with Crippen molar-refractivity contribution in [2.24, 2.45) is 0 Å². The lowest BCUT2D eigenvalue weighted by Gasteiger charge is -2.18. The molecule has 0 aliphatic heterocycles. The minimum absolute atomic E-state index is 0.0793. The molecule has 0 N–H and O–H groups in total. The van der Waals surface area contributed by atoms with Gasteiger partial charge >= 0.3 is 15.1 Å². The van der Waals surface area contributed by atoms with Crippen molar-refractivity contribution in [2.75, 3.05) is 7.11 Å². The summed E-state index contributed by atoms with van der Waals surface area (Å²) in [6.45, 7) is 0.0793. The third-order valence-corrected chi connectivity index (χ3v) is 4.61. The summed E-state index contributed by atoms with van der Waals surface area (Å²) in [6, 6.07) is 23.0. The summed E-state index contributed by atoms with van der Waals surface area (Å²) in [6.07, 6.45) is 0. The van der Waals surface area contributed by atoms with Crippen molar-refractivity contribution in [3.8, 4) is 5.75 Å². The molecule has 0 aromatic heterocycles. The molecule has 3 aromatic carbocycles.